The Kier molecular flexibility index (Phi) is 26.9. The van der Waals surface area contributed by atoms with E-state index in [0.717, 1.165) is 19.4 Å². The van der Waals surface area contributed by atoms with Crippen LogP contribution in [0.15, 0.2) is 12.2 Å². The first-order valence-corrected chi connectivity index (χ1v) is 16.9. The first-order valence-electron chi connectivity index (χ1n) is 16.9. The fourth-order valence-corrected chi connectivity index (χ4v) is 5.76. The third kappa shape index (κ3) is 28.0. The Morgan fingerprint density at radius 3 is 1.24 bits per heavy atom. The number of hydrogen-bond acceptors (Lipinski definition) is 4. The van der Waals surface area contributed by atoms with Crippen molar-refractivity contribution in [1.29, 1.82) is 0 Å². The van der Waals surface area contributed by atoms with Crippen molar-refractivity contribution in [3.63, 3.8) is 0 Å². The second-order valence-electron chi connectivity index (χ2n) is 12.1. The molecule has 0 aliphatic heterocycles. The van der Waals surface area contributed by atoms with Crippen LogP contribution in [0.3, 0.4) is 0 Å². The SMILES string of the molecule is CCCCCCCCCC/C=C/CCCCCCCCCC[N+](CCCC(=O)[O-])(CCCC(=O)O)CCCC(=O)O. The normalized spacial score (nSPS) is 11.8. The van der Waals surface area contributed by atoms with Crippen molar-refractivity contribution in [2.45, 2.75) is 161 Å². The summed E-state index contributed by atoms with van der Waals surface area (Å²) in [5, 5.41) is 29.1. The zero-order valence-corrected chi connectivity index (χ0v) is 26.4. The van der Waals surface area contributed by atoms with Crippen LogP contribution in [-0.4, -0.2) is 58.8 Å². The van der Waals surface area contributed by atoms with Gasteiger partial charge in [0, 0.05) is 25.2 Å². The fraction of sp³-hybridized carbons (Fsp3) is 0.853. The predicted octanol–water partition coefficient (Wildman–Crippen LogP) is 7.66. The monoisotopic (exact) mass is 581 g/mol. The van der Waals surface area contributed by atoms with Crippen molar-refractivity contribution in [1.82, 2.24) is 0 Å². The van der Waals surface area contributed by atoms with Gasteiger partial charge in [-0.05, 0) is 44.9 Å². The highest BCUT2D eigenvalue weighted by Crippen LogP contribution is 2.19. The molecule has 7 heteroatoms. The minimum atomic E-state index is -1.08. The van der Waals surface area contributed by atoms with Crippen molar-refractivity contribution in [3.05, 3.63) is 12.2 Å². The molecule has 0 amide bonds. The van der Waals surface area contributed by atoms with Gasteiger partial charge in [0.25, 0.3) is 0 Å². The van der Waals surface area contributed by atoms with E-state index in [1.54, 1.807) is 0 Å². The van der Waals surface area contributed by atoms with E-state index in [9.17, 15) is 19.5 Å². The van der Waals surface area contributed by atoms with E-state index in [-0.39, 0.29) is 19.3 Å². The summed E-state index contributed by atoms with van der Waals surface area (Å²) in [6.07, 6.45) is 29.4. The molecule has 0 aromatic rings. The molecular weight excluding hydrogens is 518 g/mol. The Balaban J connectivity index is 4.10. The minimum absolute atomic E-state index is 0.0209. The average molecular weight is 582 g/mol. The first kappa shape index (κ1) is 39.1. The summed E-state index contributed by atoms with van der Waals surface area (Å²) < 4.78 is 0.612. The van der Waals surface area contributed by atoms with Gasteiger partial charge in [0.15, 0.2) is 0 Å². The molecule has 0 rings (SSSR count). The quantitative estimate of drug-likeness (QED) is 0.0479. The summed E-state index contributed by atoms with van der Waals surface area (Å²) in [5.41, 5.74) is 0. The number of unbranched alkanes of at least 4 members (excludes halogenated alkanes) is 16. The van der Waals surface area contributed by atoms with Crippen molar-refractivity contribution in [3.8, 4) is 0 Å². The lowest BCUT2D eigenvalue weighted by Crippen LogP contribution is -2.51. The molecule has 0 aromatic heterocycles. The van der Waals surface area contributed by atoms with Crippen LogP contribution in [0.1, 0.15) is 161 Å². The Morgan fingerprint density at radius 1 is 0.512 bits per heavy atom. The molecule has 0 aliphatic rings. The third-order valence-corrected chi connectivity index (χ3v) is 8.20. The van der Waals surface area contributed by atoms with Crippen LogP contribution < -0.4 is 5.11 Å². The van der Waals surface area contributed by atoms with Gasteiger partial charge in [-0.25, -0.2) is 0 Å². The van der Waals surface area contributed by atoms with E-state index in [2.05, 4.69) is 19.1 Å². The molecule has 0 unspecified atom stereocenters. The smallest absolute Gasteiger partial charge is 0.303 e. The lowest BCUT2D eigenvalue weighted by Gasteiger charge is -2.39. The Labute approximate surface area is 251 Å². The number of hydrogen-bond donors (Lipinski definition) is 2. The summed E-state index contributed by atoms with van der Waals surface area (Å²) >= 11 is 0. The highest BCUT2D eigenvalue weighted by molar-refractivity contribution is 5.66. The summed E-state index contributed by atoms with van der Waals surface area (Å²) in [5.74, 6) is -2.75. The van der Waals surface area contributed by atoms with E-state index >= 15 is 0 Å². The molecule has 0 heterocycles. The number of allylic oxidation sites excluding steroid dienone is 2. The van der Waals surface area contributed by atoms with Gasteiger partial charge >= 0.3 is 11.9 Å². The average Bonchev–Trinajstić information content (AvgIpc) is 2.91. The Bertz CT molecular complexity index is 628. The number of aliphatic carboxylic acids is 3. The van der Waals surface area contributed by atoms with E-state index in [1.807, 2.05) is 0 Å². The zero-order chi connectivity index (χ0) is 30.4. The number of carbonyl (C=O) groups is 3. The van der Waals surface area contributed by atoms with Crippen LogP contribution in [0.5, 0.6) is 0 Å². The number of carboxylic acid groups (broad SMARTS) is 3. The molecule has 7 nitrogen and oxygen atoms in total. The minimum Gasteiger partial charge on any atom is -0.550 e. The number of carbonyl (C=O) groups excluding carboxylic acids is 1. The summed E-state index contributed by atoms with van der Waals surface area (Å²) in [7, 11) is 0. The van der Waals surface area contributed by atoms with E-state index in [4.69, 9.17) is 10.2 Å². The van der Waals surface area contributed by atoms with Crippen molar-refractivity contribution >= 4 is 17.9 Å². The largest absolute Gasteiger partial charge is 0.550 e. The molecule has 0 saturated carbocycles. The zero-order valence-electron chi connectivity index (χ0n) is 26.4. The predicted molar refractivity (Wildman–Crippen MR) is 166 cm³/mol. The highest BCUT2D eigenvalue weighted by atomic mass is 16.4. The molecule has 240 valence electrons. The topological polar surface area (TPSA) is 115 Å². The maximum absolute atomic E-state index is 11.1. The first-order chi connectivity index (χ1) is 19.8. The molecule has 0 fully saturated rings. The second kappa shape index (κ2) is 28.2. The summed E-state index contributed by atoms with van der Waals surface area (Å²) in [6.45, 7) is 5.03. The maximum atomic E-state index is 11.1. The molecule has 0 saturated heterocycles. The van der Waals surface area contributed by atoms with Gasteiger partial charge in [-0.2, -0.15) is 0 Å². The highest BCUT2D eigenvalue weighted by Gasteiger charge is 2.26. The molecule has 2 N–H and O–H groups in total. The van der Waals surface area contributed by atoms with Crippen molar-refractivity contribution < 1.29 is 34.2 Å². The molecule has 0 aliphatic carbocycles. The molecule has 0 spiro atoms. The van der Waals surface area contributed by atoms with E-state index in [1.165, 1.54) is 103 Å². The standard InChI is InChI=1S/C34H63NO6/c1-2-3-4-5-6-7-8-9-10-11-12-13-14-15-16-17-18-19-20-21-28-35(29-22-25-32(36)37,30-23-26-33(38)39)31-24-27-34(40)41/h11-12H,2-10,13-31H2,1H3,(H2-,36,37,38,39,40,41)/b12-11+. The molecule has 0 radical (unpaired) electrons. The molecule has 41 heavy (non-hydrogen) atoms. The lowest BCUT2D eigenvalue weighted by atomic mass is 10.1. The number of quaternary nitrogens is 1. The van der Waals surface area contributed by atoms with E-state index in [0.29, 0.717) is 43.4 Å². The van der Waals surface area contributed by atoms with Gasteiger partial charge in [0.05, 0.1) is 39.0 Å². The molecular formula is C34H63NO6. The van der Waals surface area contributed by atoms with Gasteiger partial charge in [0.1, 0.15) is 0 Å². The van der Waals surface area contributed by atoms with Crippen LogP contribution >= 0.6 is 0 Å². The van der Waals surface area contributed by atoms with Crippen molar-refractivity contribution in [2.24, 2.45) is 0 Å². The van der Waals surface area contributed by atoms with Gasteiger partial charge in [-0.1, -0.05) is 96.1 Å². The molecule has 0 atom stereocenters. The van der Waals surface area contributed by atoms with Gasteiger partial charge in [0.2, 0.25) is 0 Å². The molecule has 0 bridgehead atoms. The number of carboxylic acids is 3. The lowest BCUT2D eigenvalue weighted by molar-refractivity contribution is -0.929. The summed E-state index contributed by atoms with van der Waals surface area (Å²) in [4.78, 5) is 33.1. The maximum Gasteiger partial charge on any atom is 0.303 e. The summed E-state index contributed by atoms with van der Waals surface area (Å²) in [6, 6.07) is 0. The Morgan fingerprint density at radius 2 is 0.854 bits per heavy atom. The van der Waals surface area contributed by atoms with Gasteiger partial charge < -0.3 is 24.6 Å². The number of nitrogens with zero attached hydrogens (tertiary/aromatic N) is 1. The Hall–Kier alpha value is -1.89. The second-order valence-corrected chi connectivity index (χ2v) is 12.1. The fourth-order valence-electron chi connectivity index (χ4n) is 5.76. The van der Waals surface area contributed by atoms with Gasteiger partial charge in [-0.15, -0.1) is 0 Å². The van der Waals surface area contributed by atoms with Crippen LogP contribution in [0, 0.1) is 0 Å². The van der Waals surface area contributed by atoms with Crippen LogP contribution in [0.2, 0.25) is 0 Å². The van der Waals surface area contributed by atoms with Gasteiger partial charge in [-0.3, -0.25) is 9.59 Å². The number of rotatable bonds is 32. The third-order valence-electron chi connectivity index (χ3n) is 8.20. The van der Waals surface area contributed by atoms with Crippen LogP contribution in [-0.2, 0) is 14.4 Å². The van der Waals surface area contributed by atoms with E-state index < -0.39 is 17.9 Å². The van der Waals surface area contributed by atoms with Crippen LogP contribution in [0.25, 0.3) is 0 Å². The van der Waals surface area contributed by atoms with Crippen LogP contribution in [0.4, 0.5) is 0 Å². The van der Waals surface area contributed by atoms with Crippen molar-refractivity contribution in [2.75, 3.05) is 26.2 Å². The molecule has 0 aromatic carbocycles.